The minimum atomic E-state index is -0.401. The number of fused-ring (bicyclic) bond motifs is 1. The topological polar surface area (TPSA) is 32.6 Å². The van der Waals surface area contributed by atoms with Gasteiger partial charge in [-0.25, -0.2) is 4.39 Å². The molecule has 1 heterocycles. The summed E-state index contributed by atoms with van der Waals surface area (Å²) in [5, 5.41) is 1.05. The molecule has 222 valence electrons. The van der Waals surface area contributed by atoms with Crippen LogP contribution in [0, 0.1) is 12.7 Å². The maximum absolute atomic E-state index is 15.5. The Balaban J connectivity index is 1.34. The number of hydrogen-bond acceptors (Lipinski definition) is 3. The highest BCUT2D eigenvalue weighted by Crippen LogP contribution is 2.37. The Morgan fingerprint density at radius 1 is 0.659 bits per heavy atom. The van der Waals surface area contributed by atoms with E-state index in [1.54, 1.807) is 12.1 Å². The molecular weight excluding hydrogens is 573 g/mol. The van der Waals surface area contributed by atoms with Gasteiger partial charge >= 0.3 is 0 Å². The number of benzene rings is 5. The van der Waals surface area contributed by atoms with E-state index in [-0.39, 0.29) is 5.75 Å². The molecule has 0 aliphatic carbocycles. The molecule has 0 spiro atoms. The molecule has 6 rings (SSSR count). The molecule has 0 unspecified atom stereocenters. The Hall–Kier alpha value is -4.74. The molecular formula is C38H33ClFNO3. The van der Waals surface area contributed by atoms with Crippen LogP contribution in [0.15, 0.2) is 121 Å². The van der Waals surface area contributed by atoms with Gasteiger partial charge in [-0.3, -0.25) is 0 Å². The van der Waals surface area contributed by atoms with Gasteiger partial charge in [-0.15, -0.1) is 11.6 Å². The zero-order chi connectivity index (χ0) is 30.3. The lowest BCUT2D eigenvalue weighted by Gasteiger charge is -2.14. The first-order chi connectivity index (χ1) is 21.6. The van der Waals surface area contributed by atoms with Gasteiger partial charge in [-0.05, 0) is 77.7 Å². The third kappa shape index (κ3) is 6.74. The first kappa shape index (κ1) is 29.3. The predicted octanol–water partition coefficient (Wildman–Crippen LogP) is 9.58. The Bertz CT molecular complexity index is 1840. The zero-order valence-corrected chi connectivity index (χ0v) is 25.3. The molecule has 1 aromatic heterocycles. The highest BCUT2D eigenvalue weighted by atomic mass is 35.5. The molecule has 44 heavy (non-hydrogen) atoms. The fourth-order valence-corrected chi connectivity index (χ4v) is 5.48. The molecule has 0 atom stereocenters. The summed E-state index contributed by atoms with van der Waals surface area (Å²) in [6.07, 6.45) is 0. The normalized spacial score (nSPS) is 11.1. The van der Waals surface area contributed by atoms with Gasteiger partial charge in [0.1, 0.15) is 31.3 Å². The second kappa shape index (κ2) is 13.7. The predicted molar refractivity (Wildman–Crippen MR) is 175 cm³/mol. The van der Waals surface area contributed by atoms with Crippen LogP contribution in [0.1, 0.15) is 22.3 Å². The lowest BCUT2D eigenvalue weighted by molar-refractivity contribution is 0.290. The van der Waals surface area contributed by atoms with Crippen molar-refractivity contribution in [3.05, 3.63) is 149 Å². The van der Waals surface area contributed by atoms with Crippen LogP contribution >= 0.6 is 11.6 Å². The van der Waals surface area contributed by atoms with Gasteiger partial charge in [0.25, 0.3) is 0 Å². The van der Waals surface area contributed by atoms with E-state index in [0.717, 1.165) is 55.9 Å². The molecule has 0 aliphatic heterocycles. The van der Waals surface area contributed by atoms with Crippen molar-refractivity contribution in [1.82, 2.24) is 4.57 Å². The summed E-state index contributed by atoms with van der Waals surface area (Å²) in [6.45, 7) is 3.90. The van der Waals surface area contributed by atoms with E-state index in [0.29, 0.717) is 32.2 Å². The van der Waals surface area contributed by atoms with Crippen LogP contribution < -0.4 is 14.2 Å². The van der Waals surface area contributed by atoms with E-state index in [4.69, 9.17) is 25.8 Å². The first-order valence-electron chi connectivity index (χ1n) is 14.6. The van der Waals surface area contributed by atoms with Crippen LogP contribution in [0.3, 0.4) is 0 Å². The maximum Gasteiger partial charge on any atom is 0.165 e. The van der Waals surface area contributed by atoms with Crippen molar-refractivity contribution < 1.29 is 18.6 Å². The molecule has 0 N–H and O–H groups in total. The van der Waals surface area contributed by atoms with E-state index in [2.05, 4.69) is 23.6 Å². The van der Waals surface area contributed by atoms with Crippen molar-refractivity contribution in [2.45, 2.75) is 26.7 Å². The third-order valence-electron chi connectivity index (χ3n) is 7.59. The van der Waals surface area contributed by atoms with Crippen LogP contribution in [0.2, 0.25) is 0 Å². The van der Waals surface area contributed by atoms with Gasteiger partial charge in [0.15, 0.2) is 11.6 Å². The molecule has 0 bridgehead atoms. The maximum atomic E-state index is 15.5. The number of halogens is 2. The Kier molecular flexibility index (Phi) is 9.14. The summed E-state index contributed by atoms with van der Waals surface area (Å²) in [6, 6.07) is 39.2. The lowest BCUT2D eigenvalue weighted by atomic mass is 10.1. The first-order valence-corrected chi connectivity index (χ1v) is 15.2. The second-order valence-corrected chi connectivity index (χ2v) is 11.0. The quantitative estimate of drug-likeness (QED) is 0.130. The standard InChI is InChI=1S/C38H33ClFNO3/c1-27-34-23-33(43-25-29-8-4-2-5-9-29)17-18-36(34)41(24-28-12-15-32(16-13-28)42-21-20-39)38(27)31-14-19-37(35(40)22-31)44-26-30-10-6-3-7-11-30/h2-19,22-23H,20-21,24-26H2,1H3. The molecule has 5 aromatic carbocycles. The summed E-state index contributed by atoms with van der Waals surface area (Å²) in [4.78, 5) is 0. The Morgan fingerprint density at radius 2 is 1.32 bits per heavy atom. The summed E-state index contributed by atoms with van der Waals surface area (Å²) < 4.78 is 35.4. The fourth-order valence-electron chi connectivity index (χ4n) is 5.40. The van der Waals surface area contributed by atoms with E-state index in [9.17, 15) is 0 Å². The van der Waals surface area contributed by atoms with Crippen molar-refractivity contribution in [3.63, 3.8) is 0 Å². The summed E-state index contributed by atoms with van der Waals surface area (Å²) in [7, 11) is 0. The monoisotopic (exact) mass is 605 g/mol. The van der Waals surface area contributed by atoms with Crippen LogP contribution in [0.4, 0.5) is 4.39 Å². The molecule has 6 heteroatoms. The third-order valence-corrected chi connectivity index (χ3v) is 7.74. The van der Waals surface area contributed by atoms with E-state index in [1.165, 1.54) is 0 Å². The van der Waals surface area contributed by atoms with Crippen molar-refractivity contribution >= 4 is 22.5 Å². The van der Waals surface area contributed by atoms with Crippen molar-refractivity contribution in [1.29, 1.82) is 0 Å². The zero-order valence-electron chi connectivity index (χ0n) is 24.5. The number of aryl methyl sites for hydroxylation is 1. The molecule has 0 saturated heterocycles. The highest BCUT2D eigenvalue weighted by Gasteiger charge is 2.19. The molecule has 0 aliphatic rings. The second-order valence-electron chi connectivity index (χ2n) is 10.6. The summed E-state index contributed by atoms with van der Waals surface area (Å²) in [5.41, 5.74) is 6.98. The molecule has 0 amide bonds. The van der Waals surface area contributed by atoms with E-state index < -0.39 is 5.82 Å². The minimum Gasteiger partial charge on any atom is -0.492 e. The van der Waals surface area contributed by atoms with Gasteiger partial charge in [0.2, 0.25) is 0 Å². The fraction of sp³-hybridized carbons (Fsp3) is 0.158. The number of alkyl halides is 1. The minimum absolute atomic E-state index is 0.224. The molecule has 0 radical (unpaired) electrons. The van der Waals surface area contributed by atoms with Gasteiger partial charge < -0.3 is 18.8 Å². The van der Waals surface area contributed by atoms with Crippen LogP contribution in [-0.2, 0) is 19.8 Å². The van der Waals surface area contributed by atoms with E-state index >= 15 is 4.39 Å². The van der Waals surface area contributed by atoms with Crippen LogP contribution in [0.5, 0.6) is 17.2 Å². The average molecular weight is 606 g/mol. The largest absolute Gasteiger partial charge is 0.492 e. The number of hydrogen-bond donors (Lipinski definition) is 0. The number of nitrogens with zero attached hydrogens (tertiary/aromatic N) is 1. The molecule has 4 nitrogen and oxygen atoms in total. The van der Waals surface area contributed by atoms with Crippen molar-refractivity contribution in [3.8, 4) is 28.5 Å². The highest BCUT2D eigenvalue weighted by molar-refractivity contribution is 6.18. The number of ether oxygens (including phenoxy) is 3. The van der Waals surface area contributed by atoms with Gasteiger partial charge in [-0.1, -0.05) is 72.8 Å². The Morgan fingerprint density at radius 3 is 1.98 bits per heavy atom. The SMILES string of the molecule is Cc1c(-c2ccc(OCc3ccccc3)c(F)c2)n(Cc2ccc(OCCCl)cc2)c2ccc(OCc3ccccc3)cc12. The Labute approximate surface area is 262 Å². The van der Waals surface area contributed by atoms with Gasteiger partial charge in [0, 0.05) is 23.0 Å². The van der Waals surface area contributed by atoms with Crippen molar-refractivity contribution in [2.24, 2.45) is 0 Å². The van der Waals surface area contributed by atoms with E-state index in [1.807, 2.05) is 97.1 Å². The average Bonchev–Trinajstić information content (AvgIpc) is 3.33. The summed E-state index contributed by atoms with van der Waals surface area (Å²) >= 11 is 5.78. The van der Waals surface area contributed by atoms with Crippen LogP contribution in [-0.4, -0.2) is 17.1 Å². The smallest absolute Gasteiger partial charge is 0.165 e. The van der Waals surface area contributed by atoms with Crippen molar-refractivity contribution in [2.75, 3.05) is 12.5 Å². The number of aromatic nitrogens is 1. The lowest BCUT2D eigenvalue weighted by Crippen LogP contribution is -2.04. The van der Waals surface area contributed by atoms with Gasteiger partial charge in [-0.2, -0.15) is 0 Å². The van der Waals surface area contributed by atoms with Gasteiger partial charge in [0.05, 0.1) is 11.6 Å². The molecule has 0 fully saturated rings. The van der Waals surface area contributed by atoms with Crippen LogP contribution in [0.25, 0.3) is 22.2 Å². The number of rotatable bonds is 12. The molecule has 6 aromatic rings. The summed E-state index contributed by atoms with van der Waals surface area (Å²) in [5.74, 6) is 1.81. The molecule has 0 saturated carbocycles.